The van der Waals surface area contributed by atoms with Gasteiger partial charge in [-0.2, -0.15) is 0 Å². The lowest BCUT2D eigenvalue weighted by Crippen LogP contribution is -2.52. The van der Waals surface area contributed by atoms with Crippen LogP contribution in [0.2, 0.25) is 0 Å². The highest BCUT2D eigenvalue weighted by Crippen LogP contribution is 2.53. The summed E-state index contributed by atoms with van der Waals surface area (Å²) >= 11 is 0. The molecule has 2 aromatic carbocycles. The highest BCUT2D eigenvalue weighted by atomic mass is 16.6. The number of fused-ring (bicyclic) bond motifs is 3. The Balaban J connectivity index is 1.76. The summed E-state index contributed by atoms with van der Waals surface area (Å²) in [7, 11) is 1.54. The van der Waals surface area contributed by atoms with Crippen molar-refractivity contribution in [2.24, 2.45) is 0 Å². The number of amides is 2. The number of benzene rings is 2. The Hall–Kier alpha value is -3.85. The molecule has 1 spiro atoms. The number of aliphatic hydroxyl groups is 1. The van der Waals surface area contributed by atoms with Gasteiger partial charge in [-0.25, -0.2) is 0 Å². The van der Waals surface area contributed by atoms with Crippen LogP contribution in [-0.2, 0) is 24.7 Å². The van der Waals surface area contributed by atoms with E-state index in [1.54, 1.807) is 54.5 Å². The summed E-state index contributed by atoms with van der Waals surface area (Å²) in [5, 5.41) is 11.5. The maximum atomic E-state index is 14.1. The van der Waals surface area contributed by atoms with E-state index in [1.807, 2.05) is 6.92 Å². The molecular weight excluding hydrogens is 452 g/mol. The van der Waals surface area contributed by atoms with Gasteiger partial charge < -0.3 is 29.1 Å². The average Bonchev–Trinajstić information content (AvgIpc) is 3.26. The van der Waals surface area contributed by atoms with Crippen LogP contribution in [0.3, 0.4) is 0 Å². The standard InChI is InChI=1S/C26H26N2O7/c1-3-27-18-8-5-4-7-17(18)26(25(27)32)21(23(30)24(31)28(26)11-6-12-33-2)22(29)16-9-10-19-20(15-16)35-14-13-34-19/h4-5,7-10,15,29H,3,6,11-14H2,1-2H3/b22-21-/t26-/m0/s1. The molecule has 5 rings (SSSR count). The Morgan fingerprint density at radius 3 is 2.57 bits per heavy atom. The van der Waals surface area contributed by atoms with E-state index in [4.69, 9.17) is 14.2 Å². The molecule has 9 nitrogen and oxygen atoms in total. The van der Waals surface area contributed by atoms with Gasteiger partial charge in [0, 0.05) is 37.9 Å². The normalized spacial score (nSPS) is 22.3. The van der Waals surface area contributed by atoms with Gasteiger partial charge in [0.15, 0.2) is 17.0 Å². The van der Waals surface area contributed by atoms with Crippen LogP contribution >= 0.6 is 0 Å². The number of ketones is 1. The second kappa shape index (κ2) is 8.74. The first kappa shape index (κ1) is 22.9. The highest BCUT2D eigenvalue weighted by Gasteiger charge is 2.66. The lowest BCUT2D eigenvalue weighted by atomic mass is 9.81. The smallest absolute Gasteiger partial charge is 0.296 e. The van der Waals surface area contributed by atoms with Crippen LogP contribution in [0.25, 0.3) is 5.76 Å². The number of methoxy groups -OCH3 is 1. The Labute approximate surface area is 202 Å². The largest absolute Gasteiger partial charge is 0.507 e. The number of likely N-dealkylation sites (N-methyl/N-ethyl adjacent to an activating group) is 1. The van der Waals surface area contributed by atoms with E-state index in [1.165, 1.54) is 4.90 Å². The fraction of sp³-hybridized carbons (Fsp3) is 0.346. The number of ether oxygens (including phenoxy) is 3. The third kappa shape index (κ3) is 3.22. The molecule has 3 heterocycles. The van der Waals surface area contributed by atoms with Crippen molar-refractivity contribution in [1.82, 2.24) is 4.90 Å². The zero-order valence-corrected chi connectivity index (χ0v) is 19.6. The minimum Gasteiger partial charge on any atom is -0.507 e. The number of Topliss-reactive ketones (excluding diaryl/α,β-unsaturated/α-hetero) is 1. The SMILES string of the molecule is CCN1C(=O)[C@@]2(/C(=C(\O)c3ccc4c(c3)OCCO4)C(=O)C(=O)N2CCCOC)c2ccccc21. The topological polar surface area (TPSA) is 106 Å². The summed E-state index contributed by atoms with van der Waals surface area (Å²) in [5.41, 5.74) is -0.672. The van der Waals surface area contributed by atoms with Gasteiger partial charge in [-0.1, -0.05) is 18.2 Å². The van der Waals surface area contributed by atoms with Crippen LogP contribution in [0.5, 0.6) is 11.5 Å². The van der Waals surface area contributed by atoms with Crippen LogP contribution in [0.4, 0.5) is 5.69 Å². The van der Waals surface area contributed by atoms with Crippen LogP contribution < -0.4 is 14.4 Å². The van der Waals surface area contributed by atoms with Gasteiger partial charge in [-0.15, -0.1) is 0 Å². The molecule has 1 saturated heterocycles. The van der Waals surface area contributed by atoms with Crippen LogP contribution in [-0.4, -0.2) is 67.6 Å². The zero-order chi connectivity index (χ0) is 24.7. The number of rotatable bonds is 6. The molecule has 35 heavy (non-hydrogen) atoms. The van der Waals surface area contributed by atoms with E-state index >= 15 is 0 Å². The number of anilines is 1. The molecule has 1 N–H and O–H groups in total. The van der Waals surface area contributed by atoms with Crippen LogP contribution in [0.15, 0.2) is 48.0 Å². The minimum absolute atomic E-state index is 0.105. The van der Waals surface area contributed by atoms with Gasteiger partial charge in [-0.05, 0) is 37.6 Å². The van der Waals surface area contributed by atoms with E-state index in [-0.39, 0.29) is 17.7 Å². The second-order valence-corrected chi connectivity index (χ2v) is 8.49. The number of likely N-dealkylation sites (tertiary alicyclic amines) is 1. The molecule has 3 aliphatic heterocycles. The third-order valence-electron chi connectivity index (χ3n) is 6.67. The first-order valence-electron chi connectivity index (χ1n) is 11.6. The molecule has 3 aliphatic rings. The molecule has 0 bridgehead atoms. The minimum atomic E-state index is -1.77. The van der Waals surface area contributed by atoms with Gasteiger partial charge >= 0.3 is 0 Å². The summed E-state index contributed by atoms with van der Waals surface area (Å²) in [6.07, 6.45) is 0.414. The van der Waals surface area contributed by atoms with Crippen molar-refractivity contribution in [3.05, 3.63) is 59.2 Å². The highest BCUT2D eigenvalue weighted by molar-refractivity contribution is 6.50. The van der Waals surface area contributed by atoms with Crippen molar-refractivity contribution < 1.29 is 33.7 Å². The third-order valence-corrected chi connectivity index (χ3v) is 6.67. The van der Waals surface area contributed by atoms with Gasteiger partial charge in [0.25, 0.3) is 17.6 Å². The monoisotopic (exact) mass is 478 g/mol. The molecule has 182 valence electrons. The zero-order valence-electron chi connectivity index (χ0n) is 19.6. The second-order valence-electron chi connectivity index (χ2n) is 8.49. The summed E-state index contributed by atoms with van der Waals surface area (Å²) in [6, 6.07) is 11.8. The van der Waals surface area contributed by atoms with E-state index in [2.05, 4.69) is 0 Å². The lowest BCUT2D eigenvalue weighted by Gasteiger charge is -2.34. The van der Waals surface area contributed by atoms with E-state index in [0.29, 0.717) is 55.5 Å². The molecular formula is C26H26N2O7. The quantitative estimate of drug-likeness (QED) is 0.294. The molecule has 1 fully saturated rings. The van der Waals surface area contributed by atoms with E-state index in [0.717, 1.165) is 0 Å². The van der Waals surface area contributed by atoms with Crippen LogP contribution in [0.1, 0.15) is 24.5 Å². The number of nitrogens with zero attached hydrogens (tertiary/aromatic N) is 2. The maximum Gasteiger partial charge on any atom is 0.296 e. The fourth-order valence-corrected chi connectivity index (χ4v) is 5.18. The Bertz CT molecular complexity index is 1250. The summed E-state index contributed by atoms with van der Waals surface area (Å²) < 4.78 is 16.3. The van der Waals surface area contributed by atoms with Crippen molar-refractivity contribution in [3.63, 3.8) is 0 Å². The molecule has 1 atom stereocenters. The van der Waals surface area contributed by atoms with Crippen molar-refractivity contribution in [1.29, 1.82) is 0 Å². The van der Waals surface area contributed by atoms with Crippen molar-refractivity contribution in [2.45, 2.75) is 18.9 Å². The summed E-state index contributed by atoms with van der Waals surface area (Å²) in [6.45, 7) is 3.36. The number of para-hydroxylation sites is 1. The molecule has 9 heteroatoms. The average molecular weight is 479 g/mol. The number of hydrogen-bond donors (Lipinski definition) is 1. The molecule has 2 amide bonds. The van der Waals surface area contributed by atoms with E-state index in [9.17, 15) is 19.5 Å². The maximum absolute atomic E-state index is 14.1. The Kier molecular flexibility index (Phi) is 5.72. The van der Waals surface area contributed by atoms with Gasteiger partial charge in [0.2, 0.25) is 0 Å². The predicted octanol–water partition coefficient (Wildman–Crippen LogP) is 2.44. The van der Waals surface area contributed by atoms with Crippen LogP contribution in [0, 0.1) is 0 Å². The van der Waals surface area contributed by atoms with Crippen molar-refractivity contribution in [3.8, 4) is 11.5 Å². The molecule has 2 aromatic rings. The number of carbonyl (C=O) groups excluding carboxylic acids is 3. The lowest BCUT2D eigenvalue weighted by molar-refractivity contribution is -0.143. The van der Waals surface area contributed by atoms with E-state index < -0.39 is 28.9 Å². The van der Waals surface area contributed by atoms with Gasteiger partial charge in [0.1, 0.15) is 19.0 Å². The first-order chi connectivity index (χ1) is 17.0. The Morgan fingerprint density at radius 2 is 1.83 bits per heavy atom. The molecule has 0 aliphatic carbocycles. The number of carbonyl (C=O) groups is 3. The first-order valence-corrected chi connectivity index (χ1v) is 11.6. The van der Waals surface area contributed by atoms with Crippen molar-refractivity contribution in [2.75, 3.05) is 44.9 Å². The molecule has 0 saturated carbocycles. The molecule has 0 radical (unpaired) electrons. The predicted molar refractivity (Wildman–Crippen MR) is 126 cm³/mol. The van der Waals surface area contributed by atoms with Gasteiger partial charge in [0.05, 0.1) is 11.3 Å². The van der Waals surface area contributed by atoms with Crippen molar-refractivity contribution >= 4 is 29.0 Å². The number of aliphatic hydroxyl groups excluding tert-OH is 1. The summed E-state index contributed by atoms with van der Waals surface area (Å²) in [4.78, 5) is 43.8. The summed E-state index contributed by atoms with van der Waals surface area (Å²) in [5.74, 6) is -1.69. The number of hydrogen-bond acceptors (Lipinski definition) is 7. The Morgan fingerprint density at radius 1 is 1.09 bits per heavy atom. The molecule has 0 aromatic heterocycles. The fourth-order valence-electron chi connectivity index (χ4n) is 5.18. The molecule has 0 unspecified atom stereocenters. The van der Waals surface area contributed by atoms with Gasteiger partial charge in [-0.3, -0.25) is 14.4 Å².